The van der Waals surface area contributed by atoms with E-state index in [4.69, 9.17) is 4.74 Å². The van der Waals surface area contributed by atoms with E-state index in [0.717, 1.165) is 25.0 Å². The molecular weight excluding hydrogens is 338 g/mol. The molecule has 0 N–H and O–H groups in total. The van der Waals surface area contributed by atoms with Crippen LogP contribution in [0.2, 0.25) is 0 Å². The first-order chi connectivity index (χ1) is 11.6. The highest BCUT2D eigenvalue weighted by molar-refractivity contribution is 7.99. The summed E-state index contributed by atoms with van der Waals surface area (Å²) in [6.07, 6.45) is 2.25. The molecule has 1 fully saturated rings. The maximum Gasteiger partial charge on any atom is 0.387 e. The normalized spacial score (nSPS) is 18.9. The number of ether oxygens (including phenoxy) is 2. The standard InChI is InChI=1S/C15H18F2N4O2S/c1-10(11-4-6-12(7-5-11)23-14(16)17)24-15-18-19-20-21(15)9-13-3-2-8-22-13/h4-7,10,13-14H,2-3,8-9H2,1H3. The molecule has 0 aliphatic carbocycles. The second kappa shape index (κ2) is 7.89. The van der Waals surface area contributed by atoms with E-state index in [1.807, 2.05) is 6.92 Å². The quantitative estimate of drug-likeness (QED) is 0.710. The Bertz CT molecular complexity index is 647. The Labute approximate surface area is 142 Å². The molecule has 2 heterocycles. The van der Waals surface area contributed by atoms with Gasteiger partial charge in [-0.3, -0.25) is 0 Å². The van der Waals surface area contributed by atoms with Crippen LogP contribution in [0.3, 0.4) is 0 Å². The Morgan fingerprint density at radius 2 is 2.17 bits per heavy atom. The first-order valence-electron chi connectivity index (χ1n) is 7.71. The smallest absolute Gasteiger partial charge is 0.387 e. The van der Waals surface area contributed by atoms with Crippen LogP contribution in [-0.4, -0.2) is 39.5 Å². The van der Waals surface area contributed by atoms with Gasteiger partial charge < -0.3 is 9.47 Å². The zero-order valence-electron chi connectivity index (χ0n) is 13.1. The minimum atomic E-state index is -2.81. The molecule has 1 aliphatic heterocycles. The van der Waals surface area contributed by atoms with Crippen molar-refractivity contribution in [3.05, 3.63) is 29.8 Å². The number of rotatable bonds is 7. The van der Waals surface area contributed by atoms with Crippen LogP contribution >= 0.6 is 11.8 Å². The lowest BCUT2D eigenvalue weighted by Gasteiger charge is -2.14. The fourth-order valence-electron chi connectivity index (χ4n) is 2.52. The summed E-state index contributed by atoms with van der Waals surface area (Å²) in [5.41, 5.74) is 0.980. The molecule has 2 atom stereocenters. The van der Waals surface area contributed by atoms with Crippen molar-refractivity contribution < 1.29 is 18.3 Å². The summed E-state index contributed by atoms with van der Waals surface area (Å²) in [6, 6.07) is 6.61. The van der Waals surface area contributed by atoms with Crippen LogP contribution in [0.1, 0.15) is 30.6 Å². The number of tetrazole rings is 1. The van der Waals surface area contributed by atoms with Gasteiger partial charge in [0.25, 0.3) is 0 Å². The molecular formula is C15H18F2N4O2S. The van der Waals surface area contributed by atoms with Crippen molar-refractivity contribution in [1.82, 2.24) is 20.2 Å². The van der Waals surface area contributed by atoms with Crippen LogP contribution in [-0.2, 0) is 11.3 Å². The molecule has 0 saturated carbocycles. The van der Waals surface area contributed by atoms with Crippen LogP contribution < -0.4 is 4.74 Å². The van der Waals surface area contributed by atoms with Crippen molar-refractivity contribution >= 4 is 11.8 Å². The van der Waals surface area contributed by atoms with Gasteiger partial charge in [0.2, 0.25) is 5.16 Å². The van der Waals surface area contributed by atoms with E-state index in [1.165, 1.54) is 23.9 Å². The molecule has 0 radical (unpaired) electrons. The minimum absolute atomic E-state index is 0.0693. The zero-order valence-corrected chi connectivity index (χ0v) is 14.0. The first kappa shape index (κ1) is 17.1. The summed E-state index contributed by atoms with van der Waals surface area (Å²) in [7, 11) is 0. The van der Waals surface area contributed by atoms with Gasteiger partial charge in [-0.1, -0.05) is 23.9 Å². The topological polar surface area (TPSA) is 62.1 Å². The average molecular weight is 356 g/mol. The average Bonchev–Trinajstić information content (AvgIpc) is 3.20. The van der Waals surface area contributed by atoms with Crippen molar-refractivity contribution in [2.24, 2.45) is 0 Å². The van der Waals surface area contributed by atoms with Gasteiger partial charge in [0, 0.05) is 11.9 Å². The molecule has 24 heavy (non-hydrogen) atoms. The number of aromatic nitrogens is 4. The van der Waals surface area contributed by atoms with Gasteiger partial charge in [-0.15, -0.1) is 5.10 Å². The Morgan fingerprint density at radius 3 is 2.83 bits per heavy atom. The molecule has 1 saturated heterocycles. The van der Waals surface area contributed by atoms with Gasteiger partial charge in [0.1, 0.15) is 5.75 Å². The number of benzene rings is 1. The summed E-state index contributed by atoms with van der Waals surface area (Å²) in [6.45, 7) is 0.630. The highest BCUT2D eigenvalue weighted by Crippen LogP contribution is 2.34. The lowest BCUT2D eigenvalue weighted by atomic mass is 10.2. The van der Waals surface area contributed by atoms with Crippen LogP contribution in [0.5, 0.6) is 5.75 Å². The van der Waals surface area contributed by atoms with Gasteiger partial charge in [-0.25, -0.2) is 4.68 Å². The van der Waals surface area contributed by atoms with E-state index < -0.39 is 6.61 Å². The maximum absolute atomic E-state index is 12.2. The second-order valence-corrected chi connectivity index (χ2v) is 6.79. The van der Waals surface area contributed by atoms with E-state index in [1.54, 1.807) is 16.8 Å². The number of hydrogen-bond acceptors (Lipinski definition) is 6. The van der Waals surface area contributed by atoms with Crippen molar-refractivity contribution in [3.8, 4) is 5.75 Å². The highest BCUT2D eigenvalue weighted by atomic mass is 32.2. The monoisotopic (exact) mass is 356 g/mol. The van der Waals surface area contributed by atoms with E-state index in [2.05, 4.69) is 20.3 Å². The molecule has 1 aliphatic rings. The lowest BCUT2D eigenvalue weighted by Crippen LogP contribution is -2.17. The van der Waals surface area contributed by atoms with Crippen molar-refractivity contribution in [3.63, 3.8) is 0 Å². The van der Waals surface area contributed by atoms with Gasteiger partial charge in [0.05, 0.1) is 12.6 Å². The predicted octanol–water partition coefficient (Wildman–Crippen LogP) is 3.31. The third kappa shape index (κ3) is 4.41. The highest BCUT2D eigenvalue weighted by Gasteiger charge is 2.20. The minimum Gasteiger partial charge on any atom is -0.435 e. The van der Waals surface area contributed by atoms with E-state index in [9.17, 15) is 8.78 Å². The number of nitrogens with zero attached hydrogens (tertiary/aromatic N) is 4. The number of thioether (sulfide) groups is 1. The fraction of sp³-hybridized carbons (Fsp3) is 0.533. The molecule has 2 unspecified atom stereocenters. The molecule has 0 spiro atoms. The molecule has 6 nitrogen and oxygen atoms in total. The van der Waals surface area contributed by atoms with Gasteiger partial charge >= 0.3 is 6.61 Å². The summed E-state index contributed by atoms with van der Waals surface area (Å²) >= 11 is 1.52. The summed E-state index contributed by atoms with van der Waals surface area (Å²) in [5, 5.41) is 12.6. The summed E-state index contributed by atoms with van der Waals surface area (Å²) < 4.78 is 36.1. The Balaban J connectivity index is 1.62. The van der Waals surface area contributed by atoms with Crippen LogP contribution in [0.4, 0.5) is 8.78 Å². The van der Waals surface area contributed by atoms with Crippen molar-refractivity contribution in [1.29, 1.82) is 0 Å². The molecule has 1 aromatic carbocycles. The summed E-state index contributed by atoms with van der Waals surface area (Å²) in [5.74, 6) is 0.147. The molecule has 3 rings (SSSR count). The van der Waals surface area contributed by atoms with E-state index in [0.29, 0.717) is 11.7 Å². The van der Waals surface area contributed by atoms with Crippen molar-refractivity contribution in [2.75, 3.05) is 6.61 Å². The summed E-state index contributed by atoms with van der Waals surface area (Å²) in [4.78, 5) is 0. The Kier molecular flexibility index (Phi) is 5.62. The fourth-order valence-corrected chi connectivity index (χ4v) is 3.45. The van der Waals surface area contributed by atoms with Gasteiger partial charge in [-0.2, -0.15) is 8.78 Å². The van der Waals surface area contributed by atoms with Crippen molar-refractivity contribution in [2.45, 2.75) is 49.4 Å². The molecule has 2 aromatic rings. The molecule has 9 heteroatoms. The zero-order chi connectivity index (χ0) is 16.9. The van der Waals surface area contributed by atoms with E-state index >= 15 is 0 Å². The number of hydrogen-bond donors (Lipinski definition) is 0. The molecule has 130 valence electrons. The van der Waals surface area contributed by atoms with Crippen LogP contribution in [0.15, 0.2) is 29.4 Å². The first-order valence-corrected chi connectivity index (χ1v) is 8.59. The number of halogens is 2. The van der Waals surface area contributed by atoms with E-state index in [-0.39, 0.29) is 17.1 Å². The third-order valence-electron chi connectivity index (χ3n) is 3.76. The molecule has 0 bridgehead atoms. The Hall–Kier alpha value is -1.74. The molecule has 1 aromatic heterocycles. The Morgan fingerprint density at radius 1 is 1.38 bits per heavy atom. The van der Waals surface area contributed by atoms with Crippen LogP contribution in [0.25, 0.3) is 0 Å². The third-order valence-corrected chi connectivity index (χ3v) is 4.89. The van der Waals surface area contributed by atoms with Crippen LogP contribution in [0, 0.1) is 0 Å². The maximum atomic E-state index is 12.2. The van der Waals surface area contributed by atoms with Gasteiger partial charge in [-0.05, 0) is 47.9 Å². The lowest BCUT2D eigenvalue weighted by molar-refractivity contribution is -0.0498. The SMILES string of the molecule is CC(Sc1nnnn1CC1CCCO1)c1ccc(OC(F)F)cc1. The predicted molar refractivity (Wildman–Crippen MR) is 84.1 cm³/mol. The van der Waals surface area contributed by atoms with Gasteiger partial charge in [0.15, 0.2) is 0 Å². The second-order valence-electron chi connectivity index (χ2n) is 5.49. The largest absolute Gasteiger partial charge is 0.435 e. The number of alkyl halides is 2. The molecule has 0 amide bonds.